The van der Waals surface area contributed by atoms with Crippen molar-refractivity contribution in [2.75, 3.05) is 0 Å². The van der Waals surface area contributed by atoms with Gasteiger partial charge in [-0.25, -0.2) is 4.39 Å². The first-order chi connectivity index (χ1) is 6.57. The van der Waals surface area contributed by atoms with E-state index in [2.05, 4.69) is 15.9 Å². The second kappa shape index (κ2) is 4.15. The van der Waals surface area contributed by atoms with Gasteiger partial charge in [0, 0.05) is 11.6 Å². The highest BCUT2D eigenvalue weighted by atomic mass is 79.9. The quantitative estimate of drug-likeness (QED) is 0.605. The van der Waals surface area contributed by atoms with E-state index in [0.717, 1.165) is 0 Å². The van der Waals surface area contributed by atoms with Crippen molar-refractivity contribution in [1.29, 1.82) is 5.26 Å². The molecule has 6 heteroatoms. The molecule has 0 N–H and O–H groups in total. The third kappa shape index (κ3) is 1.88. The fourth-order valence-electron chi connectivity index (χ4n) is 0.942. The standard InChI is InChI=1S/C8H4BrFN2O2/c9-7-6(12(13)14)2-1-5(3-4-11)8(7)10/h1-2H,3H2. The lowest BCUT2D eigenvalue weighted by Gasteiger charge is -2.00. The highest BCUT2D eigenvalue weighted by Crippen LogP contribution is 2.29. The Morgan fingerprint density at radius 2 is 2.29 bits per heavy atom. The zero-order chi connectivity index (χ0) is 10.7. The predicted octanol–water partition coefficient (Wildman–Crippen LogP) is 2.56. The van der Waals surface area contributed by atoms with Crippen LogP contribution >= 0.6 is 15.9 Å². The minimum absolute atomic E-state index is 0.109. The van der Waals surface area contributed by atoms with Gasteiger partial charge in [-0.1, -0.05) is 0 Å². The molecule has 0 radical (unpaired) electrons. The van der Waals surface area contributed by atoms with E-state index in [1.807, 2.05) is 0 Å². The molecule has 0 aromatic heterocycles. The summed E-state index contributed by atoms with van der Waals surface area (Å²) in [5.74, 6) is -0.749. The zero-order valence-corrected chi connectivity index (χ0v) is 8.41. The Morgan fingerprint density at radius 1 is 1.64 bits per heavy atom. The predicted molar refractivity (Wildman–Crippen MR) is 50.1 cm³/mol. The first-order valence-corrected chi connectivity index (χ1v) is 4.35. The molecule has 0 saturated carbocycles. The number of hydrogen-bond donors (Lipinski definition) is 0. The summed E-state index contributed by atoms with van der Waals surface area (Å²) in [5.41, 5.74) is -0.200. The van der Waals surface area contributed by atoms with Crippen LogP contribution < -0.4 is 0 Å². The molecule has 0 saturated heterocycles. The molecule has 0 aliphatic rings. The Bertz CT molecular complexity index is 428. The summed E-state index contributed by atoms with van der Waals surface area (Å²) in [5, 5.41) is 18.7. The van der Waals surface area contributed by atoms with E-state index in [-0.39, 0.29) is 22.1 Å². The van der Waals surface area contributed by atoms with Gasteiger partial charge in [0.15, 0.2) is 0 Å². The van der Waals surface area contributed by atoms with Crippen LogP contribution in [0.15, 0.2) is 16.6 Å². The molecular formula is C8H4BrFN2O2. The Balaban J connectivity index is 3.27. The van der Waals surface area contributed by atoms with Crippen LogP contribution in [0.2, 0.25) is 0 Å². The molecule has 4 nitrogen and oxygen atoms in total. The molecular weight excluding hydrogens is 255 g/mol. The highest BCUT2D eigenvalue weighted by molar-refractivity contribution is 9.10. The fourth-order valence-corrected chi connectivity index (χ4v) is 1.47. The first kappa shape index (κ1) is 10.6. The van der Waals surface area contributed by atoms with Crippen molar-refractivity contribution in [3.05, 3.63) is 38.1 Å². The monoisotopic (exact) mass is 258 g/mol. The van der Waals surface area contributed by atoms with Crippen LogP contribution in [-0.2, 0) is 6.42 Å². The van der Waals surface area contributed by atoms with Gasteiger partial charge >= 0.3 is 0 Å². The maximum Gasteiger partial charge on any atom is 0.286 e. The molecule has 0 aliphatic carbocycles. The summed E-state index contributed by atoms with van der Waals surface area (Å²) in [6.45, 7) is 0. The molecule has 72 valence electrons. The van der Waals surface area contributed by atoms with E-state index in [1.54, 1.807) is 6.07 Å². The van der Waals surface area contributed by atoms with Crippen LogP contribution in [0.4, 0.5) is 10.1 Å². The van der Waals surface area contributed by atoms with Crippen molar-refractivity contribution < 1.29 is 9.31 Å². The summed E-state index contributed by atoms with van der Waals surface area (Å²) in [6.07, 6.45) is -0.109. The topological polar surface area (TPSA) is 66.9 Å². The number of nitro groups is 1. The van der Waals surface area contributed by atoms with Gasteiger partial charge in [0.1, 0.15) is 10.3 Å². The van der Waals surface area contributed by atoms with E-state index in [1.165, 1.54) is 12.1 Å². The Labute approximate surface area is 87.2 Å². The lowest BCUT2D eigenvalue weighted by Crippen LogP contribution is -1.96. The maximum atomic E-state index is 13.3. The number of benzene rings is 1. The van der Waals surface area contributed by atoms with Gasteiger partial charge in [-0.15, -0.1) is 0 Å². The minimum Gasteiger partial charge on any atom is -0.258 e. The number of nitriles is 1. The Kier molecular flexibility index (Phi) is 3.14. The molecule has 0 amide bonds. The average molecular weight is 259 g/mol. The molecule has 0 aliphatic heterocycles. The molecule has 0 unspecified atom stereocenters. The van der Waals surface area contributed by atoms with Crippen molar-refractivity contribution in [3.63, 3.8) is 0 Å². The normalized spacial score (nSPS) is 9.50. The van der Waals surface area contributed by atoms with E-state index in [9.17, 15) is 14.5 Å². The van der Waals surface area contributed by atoms with Crippen LogP contribution in [0.5, 0.6) is 0 Å². The lowest BCUT2D eigenvalue weighted by molar-refractivity contribution is -0.385. The van der Waals surface area contributed by atoms with Crippen LogP contribution in [0, 0.1) is 27.3 Å². The van der Waals surface area contributed by atoms with Gasteiger partial charge in [-0.05, 0) is 22.0 Å². The maximum absolute atomic E-state index is 13.3. The van der Waals surface area contributed by atoms with Crippen LogP contribution in [0.3, 0.4) is 0 Å². The second-order valence-electron chi connectivity index (χ2n) is 2.46. The molecule has 0 fully saturated rings. The van der Waals surface area contributed by atoms with Gasteiger partial charge in [0.25, 0.3) is 5.69 Å². The van der Waals surface area contributed by atoms with Crippen molar-refractivity contribution >= 4 is 21.6 Å². The Morgan fingerprint density at radius 3 is 2.79 bits per heavy atom. The minimum atomic E-state index is -0.749. The summed E-state index contributed by atoms with van der Waals surface area (Å²) in [7, 11) is 0. The van der Waals surface area contributed by atoms with Gasteiger partial charge in [0.05, 0.1) is 17.4 Å². The summed E-state index contributed by atoms with van der Waals surface area (Å²) in [6, 6.07) is 4.17. The molecule has 1 aromatic carbocycles. The molecule has 1 aromatic rings. The van der Waals surface area contributed by atoms with Gasteiger partial charge in [0.2, 0.25) is 0 Å². The van der Waals surface area contributed by atoms with E-state index < -0.39 is 10.7 Å². The van der Waals surface area contributed by atoms with Crippen LogP contribution in [0.25, 0.3) is 0 Å². The fraction of sp³-hybridized carbons (Fsp3) is 0.125. The molecule has 1 rings (SSSR count). The molecule has 0 spiro atoms. The van der Waals surface area contributed by atoms with E-state index in [4.69, 9.17) is 5.26 Å². The SMILES string of the molecule is N#CCc1ccc([N+](=O)[O-])c(Br)c1F. The summed E-state index contributed by atoms with van der Waals surface area (Å²) >= 11 is 2.78. The highest BCUT2D eigenvalue weighted by Gasteiger charge is 2.18. The van der Waals surface area contributed by atoms with Gasteiger partial charge < -0.3 is 0 Å². The number of nitro benzene ring substituents is 1. The van der Waals surface area contributed by atoms with Gasteiger partial charge in [-0.2, -0.15) is 5.26 Å². The van der Waals surface area contributed by atoms with Crippen molar-refractivity contribution in [2.45, 2.75) is 6.42 Å². The largest absolute Gasteiger partial charge is 0.286 e. The van der Waals surface area contributed by atoms with Crippen molar-refractivity contribution in [1.82, 2.24) is 0 Å². The number of rotatable bonds is 2. The lowest BCUT2D eigenvalue weighted by atomic mass is 10.1. The van der Waals surface area contributed by atoms with Crippen molar-refractivity contribution in [3.8, 4) is 6.07 Å². The summed E-state index contributed by atoms with van der Waals surface area (Å²) in [4.78, 5) is 9.70. The smallest absolute Gasteiger partial charge is 0.258 e. The molecule has 0 bridgehead atoms. The van der Waals surface area contributed by atoms with Crippen LogP contribution in [-0.4, -0.2) is 4.92 Å². The van der Waals surface area contributed by atoms with Crippen LogP contribution in [0.1, 0.15) is 5.56 Å². The van der Waals surface area contributed by atoms with E-state index in [0.29, 0.717) is 0 Å². The Hall–Kier alpha value is -1.48. The second-order valence-corrected chi connectivity index (χ2v) is 3.26. The first-order valence-electron chi connectivity index (χ1n) is 3.56. The van der Waals surface area contributed by atoms with Crippen molar-refractivity contribution in [2.24, 2.45) is 0 Å². The third-order valence-corrected chi connectivity index (χ3v) is 2.36. The molecule has 0 heterocycles. The zero-order valence-electron chi connectivity index (χ0n) is 6.83. The summed E-state index contributed by atoms with van der Waals surface area (Å²) < 4.78 is 13.1. The third-order valence-electron chi connectivity index (χ3n) is 1.61. The molecule has 0 atom stereocenters. The average Bonchev–Trinajstić information content (AvgIpc) is 2.13. The number of hydrogen-bond acceptors (Lipinski definition) is 3. The number of halogens is 2. The number of nitrogens with zero attached hydrogens (tertiary/aromatic N) is 2. The van der Waals surface area contributed by atoms with E-state index >= 15 is 0 Å². The van der Waals surface area contributed by atoms with Gasteiger partial charge in [-0.3, -0.25) is 10.1 Å². The molecule has 14 heavy (non-hydrogen) atoms.